The molecule has 4 heteroatoms. The van der Waals surface area contributed by atoms with E-state index in [1.807, 2.05) is 58.0 Å². The maximum Gasteiger partial charge on any atom is 0.265 e. The van der Waals surface area contributed by atoms with Crippen LogP contribution in [0.25, 0.3) is 10.9 Å². The zero-order chi connectivity index (χ0) is 15.7. The molecule has 1 aliphatic rings. The van der Waals surface area contributed by atoms with Gasteiger partial charge in [-0.15, -0.1) is 0 Å². The van der Waals surface area contributed by atoms with Crippen LogP contribution in [0, 0.1) is 6.42 Å². The fourth-order valence-corrected chi connectivity index (χ4v) is 2.35. The van der Waals surface area contributed by atoms with Crippen LogP contribution in [0.1, 0.15) is 57.4 Å². The van der Waals surface area contributed by atoms with Crippen molar-refractivity contribution in [1.82, 2.24) is 10.3 Å². The van der Waals surface area contributed by atoms with E-state index in [4.69, 9.17) is 0 Å². The molecule has 1 aromatic carbocycles. The first-order valence-corrected chi connectivity index (χ1v) is 8.05. The van der Waals surface area contributed by atoms with E-state index in [0.29, 0.717) is 5.69 Å². The van der Waals surface area contributed by atoms with Crippen molar-refractivity contribution in [1.29, 1.82) is 0 Å². The summed E-state index contributed by atoms with van der Waals surface area (Å²) < 4.78 is 0. The SMILES string of the molecule is CC.CC.O=C(NC1[CH-]CCC1)c1cc2ccccc2[nH]1.[Y]. The number of benzene rings is 1. The molecule has 22 heavy (non-hydrogen) atoms. The summed E-state index contributed by atoms with van der Waals surface area (Å²) in [6, 6.07) is 10.1. The first-order valence-electron chi connectivity index (χ1n) is 8.05. The summed E-state index contributed by atoms with van der Waals surface area (Å²) in [4.78, 5) is 15.2. The summed E-state index contributed by atoms with van der Waals surface area (Å²) in [7, 11) is 0. The third-order valence-electron chi connectivity index (χ3n) is 3.26. The number of H-pyrrole nitrogens is 1. The van der Waals surface area contributed by atoms with Crippen LogP contribution in [0.5, 0.6) is 0 Å². The Morgan fingerprint density at radius 1 is 1.23 bits per heavy atom. The van der Waals surface area contributed by atoms with Crippen molar-refractivity contribution in [2.45, 2.75) is 53.0 Å². The van der Waals surface area contributed by atoms with Gasteiger partial charge in [0.2, 0.25) is 0 Å². The molecule has 0 aliphatic heterocycles. The molecular weight excluding hydrogens is 349 g/mol. The monoisotopic (exact) mass is 376 g/mol. The van der Waals surface area contributed by atoms with Gasteiger partial charge in [0.25, 0.3) is 5.91 Å². The third kappa shape index (κ3) is 5.85. The predicted molar refractivity (Wildman–Crippen MR) is 90.4 cm³/mol. The van der Waals surface area contributed by atoms with Crippen molar-refractivity contribution in [2.24, 2.45) is 0 Å². The van der Waals surface area contributed by atoms with Crippen LogP contribution >= 0.6 is 0 Å². The molecule has 1 fully saturated rings. The Morgan fingerprint density at radius 2 is 1.91 bits per heavy atom. The molecule has 0 saturated heterocycles. The van der Waals surface area contributed by atoms with Gasteiger partial charge < -0.3 is 16.7 Å². The minimum atomic E-state index is -0.00986. The van der Waals surface area contributed by atoms with E-state index < -0.39 is 0 Å². The predicted octanol–water partition coefficient (Wildman–Crippen LogP) is 4.70. The van der Waals surface area contributed by atoms with Gasteiger partial charge in [-0.05, 0) is 12.1 Å². The van der Waals surface area contributed by atoms with Crippen LogP contribution in [0.3, 0.4) is 0 Å². The summed E-state index contributed by atoms with van der Waals surface area (Å²) in [6.07, 6.45) is 5.53. The molecule has 1 amide bonds. The maximum absolute atomic E-state index is 12.0. The van der Waals surface area contributed by atoms with Gasteiger partial charge in [-0.2, -0.15) is 6.42 Å². The summed E-state index contributed by atoms with van der Waals surface area (Å²) >= 11 is 0. The summed E-state index contributed by atoms with van der Waals surface area (Å²) in [6.45, 7) is 8.00. The number of aromatic nitrogens is 1. The largest absolute Gasteiger partial charge is 0.378 e. The second kappa shape index (κ2) is 11.8. The topological polar surface area (TPSA) is 44.9 Å². The van der Waals surface area contributed by atoms with Gasteiger partial charge >= 0.3 is 0 Å². The molecule has 2 N–H and O–H groups in total. The van der Waals surface area contributed by atoms with Crippen molar-refractivity contribution in [3.05, 3.63) is 42.4 Å². The van der Waals surface area contributed by atoms with Gasteiger partial charge in [0.15, 0.2) is 0 Å². The molecule has 1 unspecified atom stereocenters. The molecule has 1 atom stereocenters. The quantitative estimate of drug-likeness (QED) is 0.733. The summed E-state index contributed by atoms with van der Waals surface area (Å²) in [5.41, 5.74) is 1.65. The van der Waals surface area contributed by atoms with E-state index in [2.05, 4.69) is 16.7 Å². The Bertz CT molecular complexity index is 512. The van der Waals surface area contributed by atoms with Gasteiger partial charge in [-0.25, -0.2) is 0 Å². The number of amides is 1. The van der Waals surface area contributed by atoms with Crippen molar-refractivity contribution in [3.63, 3.8) is 0 Å². The Kier molecular flexibility index (Phi) is 11.5. The first-order chi connectivity index (χ1) is 10.3. The summed E-state index contributed by atoms with van der Waals surface area (Å²) in [5.74, 6) is -0.00986. The second-order valence-corrected chi connectivity index (χ2v) is 4.52. The Balaban J connectivity index is 0.000000819. The number of carbonyl (C=O) groups excluding carboxylic acids is 1. The maximum atomic E-state index is 12.0. The van der Waals surface area contributed by atoms with Crippen LogP contribution in [-0.2, 0) is 32.7 Å². The Morgan fingerprint density at radius 3 is 2.50 bits per heavy atom. The third-order valence-corrected chi connectivity index (χ3v) is 3.26. The van der Waals surface area contributed by atoms with Gasteiger partial charge in [0.1, 0.15) is 5.69 Å². The standard InChI is InChI=1S/C14H15N2O.2C2H6.Y/c17-14(15-11-6-2-3-7-11)13-9-10-5-1-4-8-12(10)16-13;2*1-2;/h1,4-6,8-9,11,16H,2-3,7H2,(H,15,17);2*1-2H3;/q-1;;;. The number of rotatable bonds is 2. The fourth-order valence-electron chi connectivity index (χ4n) is 2.35. The summed E-state index contributed by atoms with van der Waals surface area (Å²) in [5, 5.41) is 4.11. The molecule has 1 radical (unpaired) electrons. The van der Waals surface area contributed by atoms with Crippen LogP contribution in [-0.4, -0.2) is 16.9 Å². The molecule has 119 valence electrons. The van der Waals surface area contributed by atoms with E-state index in [0.717, 1.165) is 23.7 Å². The van der Waals surface area contributed by atoms with E-state index in [1.165, 1.54) is 6.42 Å². The van der Waals surface area contributed by atoms with Crippen LogP contribution in [0.4, 0.5) is 0 Å². The number of nitrogens with one attached hydrogen (secondary N) is 2. The molecule has 0 spiro atoms. The number of carbonyl (C=O) groups is 1. The van der Waals surface area contributed by atoms with Gasteiger partial charge in [0.05, 0.1) is 0 Å². The van der Waals surface area contributed by atoms with E-state index in [1.54, 1.807) is 0 Å². The zero-order valence-electron chi connectivity index (χ0n) is 14.1. The van der Waals surface area contributed by atoms with E-state index >= 15 is 0 Å². The number of fused-ring (bicyclic) bond motifs is 1. The number of aromatic amines is 1. The van der Waals surface area contributed by atoms with E-state index in [-0.39, 0.29) is 44.7 Å². The van der Waals surface area contributed by atoms with Gasteiger partial charge in [-0.3, -0.25) is 4.79 Å². The van der Waals surface area contributed by atoms with Crippen molar-refractivity contribution in [3.8, 4) is 0 Å². The molecule has 2 aromatic rings. The average molecular weight is 376 g/mol. The van der Waals surface area contributed by atoms with Crippen molar-refractivity contribution >= 4 is 16.8 Å². The van der Waals surface area contributed by atoms with Crippen LogP contribution < -0.4 is 5.32 Å². The van der Waals surface area contributed by atoms with Crippen molar-refractivity contribution < 1.29 is 37.5 Å². The normalized spacial score (nSPS) is 15.7. The van der Waals surface area contributed by atoms with Gasteiger partial charge in [-0.1, -0.05) is 64.8 Å². The minimum Gasteiger partial charge on any atom is -0.378 e. The number of hydrogen-bond acceptors (Lipinski definition) is 1. The first kappa shape index (κ1) is 21.3. The van der Waals surface area contributed by atoms with Crippen LogP contribution in [0.2, 0.25) is 0 Å². The molecular formula is C18H27N2OY-. The van der Waals surface area contributed by atoms with Crippen LogP contribution in [0.15, 0.2) is 30.3 Å². The molecule has 3 nitrogen and oxygen atoms in total. The Labute approximate surface area is 159 Å². The van der Waals surface area contributed by atoms with E-state index in [9.17, 15) is 4.79 Å². The zero-order valence-corrected chi connectivity index (χ0v) is 17.0. The average Bonchev–Trinajstić information content (AvgIpc) is 3.20. The van der Waals surface area contributed by atoms with Crippen molar-refractivity contribution in [2.75, 3.05) is 0 Å². The minimum absolute atomic E-state index is 0. The Hall–Kier alpha value is -0.666. The number of hydrogen-bond donors (Lipinski definition) is 2. The molecule has 1 heterocycles. The van der Waals surface area contributed by atoms with Gasteiger partial charge in [0, 0.05) is 43.6 Å². The molecule has 0 bridgehead atoms. The second-order valence-electron chi connectivity index (χ2n) is 4.52. The molecule has 1 aromatic heterocycles. The number of para-hydroxylation sites is 1. The smallest absolute Gasteiger partial charge is 0.265 e. The molecule has 1 saturated carbocycles. The molecule has 1 aliphatic carbocycles. The molecule has 3 rings (SSSR count). The fraction of sp³-hybridized carbons (Fsp3) is 0.444.